The van der Waals surface area contributed by atoms with E-state index in [0.29, 0.717) is 0 Å². The van der Waals surface area contributed by atoms with E-state index in [0.717, 1.165) is 0 Å². The van der Waals surface area contributed by atoms with Crippen molar-refractivity contribution in [2.45, 2.75) is 25.7 Å². The van der Waals surface area contributed by atoms with E-state index in [1.807, 2.05) is 12.1 Å². The molecule has 2 aromatic rings. The Balaban J connectivity index is 1.87. The highest BCUT2D eigenvalue weighted by atomic mass is 16.1. The summed E-state index contributed by atoms with van der Waals surface area (Å²) in [5.41, 5.74) is 7.46. The van der Waals surface area contributed by atoms with Crippen LogP contribution in [-0.4, -0.2) is 11.6 Å². The Kier molecular flexibility index (Phi) is 2.63. The van der Waals surface area contributed by atoms with Gasteiger partial charge in [-0.1, -0.05) is 36.4 Å². The second-order valence-corrected chi connectivity index (χ2v) is 7.34. The molecule has 2 nitrogen and oxygen atoms in total. The van der Waals surface area contributed by atoms with Crippen molar-refractivity contribution in [3.63, 3.8) is 0 Å². The Hall–Kier alpha value is -2.48. The molecule has 0 heterocycles. The Morgan fingerprint density at radius 1 is 0.667 bits per heavy atom. The lowest BCUT2D eigenvalue weighted by atomic mass is 9.51. The number of aryl methyl sites for hydroxylation is 2. The fourth-order valence-electron chi connectivity index (χ4n) is 5.07. The highest BCUT2D eigenvalue weighted by Gasteiger charge is 2.55. The monoisotopic (exact) mass is 314 g/mol. The molecular weight excluding hydrogens is 296 g/mol. The number of hydrogen-bond acceptors (Lipinski definition) is 2. The van der Waals surface area contributed by atoms with Gasteiger partial charge in [-0.15, -0.1) is 0 Å². The minimum atomic E-state index is -0.239. The largest absolute Gasteiger partial charge is 0.294 e. The molecule has 4 aliphatic carbocycles. The van der Waals surface area contributed by atoms with Gasteiger partial charge in [0, 0.05) is 23.7 Å². The normalized spacial score (nSPS) is 29.2. The quantitative estimate of drug-likeness (QED) is 0.740. The van der Waals surface area contributed by atoms with Crippen molar-refractivity contribution in [2.24, 2.45) is 11.8 Å². The average molecular weight is 314 g/mol. The van der Waals surface area contributed by atoms with Crippen LogP contribution in [0.2, 0.25) is 0 Å². The van der Waals surface area contributed by atoms with Crippen molar-refractivity contribution in [3.05, 3.63) is 81.9 Å². The maximum atomic E-state index is 12.7. The first kappa shape index (κ1) is 13.9. The smallest absolute Gasteiger partial charge is 0.160 e. The Labute approximate surface area is 141 Å². The van der Waals surface area contributed by atoms with Gasteiger partial charge in [0.1, 0.15) is 0 Å². The number of carbonyl (C=O) groups is 2. The summed E-state index contributed by atoms with van der Waals surface area (Å²) in [5.74, 6) is -0.256. The molecule has 2 aromatic carbocycles. The summed E-state index contributed by atoms with van der Waals surface area (Å²) in [4.78, 5) is 25.4. The first-order valence-electron chi connectivity index (χ1n) is 8.53. The van der Waals surface area contributed by atoms with Gasteiger partial charge in [0.2, 0.25) is 0 Å². The molecule has 2 bridgehead atoms. The molecule has 24 heavy (non-hydrogen) atoms. The maximum Gasteiger partial charge on any atom is 0.160 e. The summed E-state index contributed by atoms with van der Waals surface area (Å²) < 4.78 is 0. The number of benzene rings is 2. The zero-order chi connectivity index (χ0) is 16.6. The van der Waals surface area contributed by atoms with Crippen LogP contribution < -0.4 is 0 Å². The second kappa shape index (κ2) is 4.54. The highest BCUT2D eigenvalue weighted by Crippen LogP contribution is 2.59. The van der Waals surface area contributed by atoms with E-state index in [9.17, 15) is 9.59 Å². The predicted octanol–water partition coefficient (Wildman–Crippen LogP) is 3.83. The van der Waals surface area contributed by atoms with Gasteiger partial charge < -0.3 is 0 Å². The van der Waals surface area contributed by atoms with Crippen LogP contribution in [0.15, 0.2) is 48.6 Å². The summed E-state index contributed by atoms with van der Waals surface area (Å²) in [6, 6.07) is 12.8. The van der Waals surface area contributed by atoms with Gasteiger partial charge in [0.25, 0.3) is 0 Å². The third-order valence-electron chi connectivity index (χ3n) is 6.21. The van der Waals surface area contributed by atoms with Crippen LogP contribution in [0, 0.1) is 25.7 Å². The zero-order valence-corrected chi connectivity index (χ0v) is 13.7. The lowest BCUT2D eigenvalue weighted by molar-refractivity contribution is -0.131. The van der Waals surface area contributed by atoms with Crippen LogP contribution in [0.5, 0.6) is 0 Å². The van der Waals surface area contributed by atoms with Crippen LogP contribution >= 0.6 is 0 Å². The van der Waals surface area contributed by atoms with Crippen molar-refractivity contribution in [1.82, 2.24) is 0 Å². The summed E-state index contributed by atoms with van der Waals surface area (Å²) in [5, 5.41) is 0. The number of allylic oxidation sites excluding steroid dienone is 2. The van der Waals surface area contributed by atoms with Gasteiger partial charge in [0.05, 0.1) is 0 Å². The molecule has 0 amide bonds. The molecule has 0 N–H and O–H groups in total. The maximum absolute atomic E-state index is 12.7. The minimum absolute atomic E-state index is 0.00639. The average Bonchev–Trinajstić information content (AvgIpc) is 2.59. The van der Waals surface area contributed by atoms with Crippen molar-refractivity contribution in [3.8, 4) is 0 Å². The van der Waals surface area contributed by atoms with E-state index in [1.54, 1.807) is 0 Å². The van der Waals surface area contributed by atoms with E-state index in [4.69, 9.17) is 0 Å². The first-order valence-corrected chi connectivity index (χ1v) is 8.53. The van der Waals surface area contributed by atoms with Crippen molar-refractivity contribution < 1.29 is 9.59 Å². The lowest BCUT2D eigenvalue weighted by Gasteiger charge is -2.50. The minimum Gasteiger partial charge on any atom is -0.294 e. The second-order valence-electron chi connectivity index (χ2n) is 7.34. The number of rotatable bonds is 0. The fraction of sp³-hybridized carbons (Fsp3) is 0.273. The van der Waals surface area contributed by atoms with Gasteiger partial charge in [-0.05, 0) is 59.4 Å². The van der Waals surface area contributed by atoms with E-state index in [1.165, 1.54) is 45.5 Å². The standard InChI is InChI=1S/C22H18O2/c1-11-9-15-16(10-12(11)2)20-14-6-4-3-5-13(14)19(15)21-17(23)7-8-18(24)22(20)21/h3-10,19-22H,1-2H3. The predicted molar refractivity (Wildman–Crippen MR) is 92.2 cm³/mol. The highest BCUT2D eigenvalue weighted by molar-refractivity contribution is 6.09. The molecule has 2 heteroatoms. The van der Waals surface area contributed by atoms with Crippen LogP contribution in [0.4, 0.5) is 0 Å². The van der Waals surface area contributed by atoms with Crippen molar-refractivity contribution in [1.29, 1.82) is 0 Å². The molecule has 6 rings (SSSR count). The fourth-order valence-corrected chi connectivity index (χ4v) is 5.07. The van der Waals surface area contributed by atoms with Gasteiger partial charge in [-0.3, -0.25) is 9.59 Å². The first-order chi connectivity index (χ1) is 11.6. The van der Waals surface area contributed by atoms with Gasteiger partial charge >= 0.3 is 0 Å². The molecule has 0 radical (unpaired) electrons. The summed E-state index contributed by atoms with van der Waals surface area (Å²) >= 11 is 0. The molecule has 4 unspecified atom stereocenters. The molecule has 0 spiro atoms. The third kappa shape index (κ3) is 1.56. The molecule has 4 atom stereocenters. The Morgan fingerprint density at radius 3 is 1.50 bits per heavy atom. The van der Waals surface area contributed by atoms with Crippen LogP contribution in [-0.2, 0) is 9.59 Å². The van der Waals surface area contributed by atoms with Crippen LogP contribution in [0.3, 0.4) is 0 Å². The summed E-state index contributed by atoms with van der Waals surface area (Å²) in [7, 11) is 0. The molecule has 0 saturated carbocycles. The lowest BCUT2D eigenvalue weighted by Crippen LogP contribution is -2.48. The molecule has 0 aromatic heterocycles. The van der Waals surface area contributed by atoms with E-state index >= 15 is 0 Å². The van der Waals surface area contributed by atoms with Crippen molar-refractivity contribution >= 4 is 11.6 Å². The van der Waals surface area contributed by atoms with Crippen LogP contribution in [0.25, 0.3) is 0 Å². The number of carbonyl (C=O) groups excluding carboxylic acids is 2. The molecule has 0 saturated heterocycles. The van der Waals surface area contributed by atoms with Crippen LogP contribution in [0.1, 0.15) is 45.2 Å². The summed E-state index contributed by atoms with van der Waals surface area (Å²) in [6.07, 6.45) is 2.99. The molecule has 0 fully saturated rings. The third-order valence-corrected chi connectivity index (χ3v) is 6.21. The van der Waals surface area contributed by atoms with Gasteiger partial charge in [-0.2, -0.15) is 0 Å². The van der Waals surface area contributed by atoms with Crippen molar-refractivity contribution in [2.75, 3.05) is 0 Å². The van der Waals surface area contributed by atoms with Gasteiger partial charge in [-0.25, -0.2) is 0 Å². The van der Waals surface area contributed by atoms with E-state index < -0.39 is 0 Å². The zero-order valence-electron chi connectivity index (χ0n) is 13.7. The van der Waals surface area contributed by atoms with E-state index in [-0.39, 0.29) is 35.2 Å². The topological polar surface area (TPSA) is 34.1 Å². The number of hydrogen-bond donors (Lipinski definition) is 0. The number of ketones is 2. The van der Waals surface area contributed by atoms with Gasteiger partial charge in [0.15, 0.2) is 11.6 Å². The molecule has 0 aliphatic heterocycles. The molecular formula is C22H18O2. The summed E-state index contributed by atoms with van der Waals surface area (Å²) in [6.45, 7) is 4.24. The molecule has 118 valence electrons. The molecule has 4 aliphatic rings. The Morgan fingerprint density at radius 2 is 1.08 bits per heavy atom. The van der Waals surface area contributed by atoms with E-state index in [2.05, 4.69) is 38.1 Å². The Bertz CT molecular complexity index is 874. The SMILES string of the molecule is Cc1cc2c(cc1C)C1c3ccccc3C2C2C(=O)C=CC(=O)C12.